The SMILES string of the molecule is CCc1ccc(N(C(=O)CN2C(=O)NC3(CCCC3)C2=O)c2nc3ccccc3s2)cc1. The summed E-state index contributed by atoms with van der Waals surface area (Å²) in [4.78, 5) is 46.4. The van der Waals surface area contributed by atoms with Gasteiger partial charge in [0.1, 0.15) is 12.1 Å². The molecule has 2 fully saturated rings. The first-order valence-electron chi connectivity index (χ1n) is 10.9. The molecule has 0 unspecified atom stereocenters. The number of aromatic nitrogens is 1. The molecule has 2 heterocycles. The Hall–Kier alpha value is -3.26. The Morgan fingerprint density at radius 3 is 2.53 bits per heavy atom. The van der Waals surface area contributed by atoms with Gasteiger partial charge in [0, 0.05) is 0 Å². The van der Waals surface area contributed by atoms with Crippen LogP contribution >= 0.6 is 11.3 Å². The van der Waals surface area contributed by atoms with Crippen LogP contribution in [0.3, 0.4) is 0 Å². The highest BCUT2D eigenvalue weighted by molar-refractivity contribution is 7.22. The maximum Gasteiger partial charge on any atom is 0.325 e. The molecular weight excluding hydrogens is 424 g/mol. The van der Waals surface area contributed by atoms with Crippen molar-refractivity contribution >= 4 is 50.2 Å². The number of anilines is 2. The quantitative estimate of drug-likeness (QED) is 0.587. The number of para-hydroxylation sites is 1. The van der Waals surface area contributed by atoms with Gasteiger partial charge >= 0.3 is 6.03 Å². The topological polar surface area (TPSA) is 82.6 Å². The summed E-state index contributed by atoms with van der Waals surface area (Å²) >= 11 is 1.41. The third-order valence-corrected chi connectivity index (χ3v) is 7.34. The summed E-state index contributed by atoms with van der Waals surface area (Å²) in [7, 11) is 0. The van der Waals surface area contributed by atoms with E-state index >= 15 is 0 Å². The molecule has 1 saturated heterocycles. The lowest BCUT2D eigenvalue weighted by Gasteiger charge is -2.23. The summed E-state index contributed by atoms with van der Waals surface area (Å²) in [5, 5.41) is 3.36. The Morgan fingerprint density at radius 1 is 1.12 bits per heavy atom. The Labute approximate surface area is 190 Å². The normalized spacial score (nSPS) is 17.3. The molecule has 1 N–H and O–H groups in total. The van der Waals surface area contributed by atoms with Crippen molar-refractivity contribution in [2.75, 3.05) is 11.4 Å². The smallest absolute Gasteiger partial charge is 0.323 e. The fourth-order valence-corrected chi connectivity index (χ4v) is 5.54. The molecule has 0 atom stereocenters. The van der Waals surface area contributed by atoms with Crippen molar-refractivity contribution in [2.24, 2.45) is 0 Å². The number of thiazole rings is 1. The molecular formula is C24H24N4O3S. The molecule has 0 radical (unpaired) electrons. The van der Waals surface area contributed by atoms with Gasteiger partial charge in [-0.05, 0) is 49.1 Å². The molecule has 1 aliphatic carbocycles. The van der Waals surface area contributed by atoms with Gasteiger partial charge in [0.15, 0.2) is 5.13 Å². The number of aryl methyl sites for hydroxylation is 1. The van der Waals surface area contributed by atoms with E-state index in [1.54, 1.807) is 0 Å². The van der Waals surface area contributed by atoms with Crippen molar-refractivity contribution in [1.29, 1.82) is 0 Å². The fraction of sp³-hybridized carbons (Fsp3) is 0.333. The fourth-order valence-electron chi connectivity index (χ4n) is 4.54. The van der Waals surface area contributed by atoms with Crippen molar-refractivity contribution in [3.63, 3.8) is 0 Å². The number of fused-ring (bicyclic) bond motifs is 1. The van der Waals surface area contributed by atoms with Crippen molar-refractivity contribution in [3.05, 3.63) is 54.1 Å². The second-order valence-electron chi connectivity index (χ2n) is 8.32. The number of benzene rings is 2. The number of nitrogens with zero attached hydrogens (tertiary/aromatic N) is 3. The van der Waals surface area contributed by atoms with Crippen LogP contribution in [-0.4, -0.2) is 39.8 Å². The predicted molar refractivity (Wildman–Crippen MR) is 124 cm³/mol. The summed E-state index contributed by atoms with van der Waals surface area (Å²) in [5.41, 5.74) is 1.79. The number of carbonyl (C=O) groups is 3. The van der Waals surface area contributed by atoms with Gasteiger partial charge in [-0.15, -0.1) is 0 Å². The summed E-state index contributed by atoms with van der Waals surface area (Å²) in [6.07, 6.45) is 3.94. The first-order valence-corrected chi connectivity index (χ1v) is 11.7. The number of imide groups is 1. The molecule has 5 rings (SSSR count). The Bertz CT molecular complexity index is 1160. The van der Waals surface area contributed by atoms with Crippen molar-refractivity contribution in [3.8, 4) is 0 Å². The monoisotopic (exact) mass is 448 g/mol. The number of amides is 4. The third kappa shape index (κ3) is 3.44. The zero-order chi connectivity index (χ0) is 22.3. The highest BCUT2D eigenvalue weighted by Gasteiger charge is 2.53. The maximum atomic E-state index is 13.5. The molecule has 164 valence electrons. The Morgan fingerprint density at radius 2 is 1.84 bits per heavy atom. The van der Waals surface area contributed by atoms with Crippen LogP contribution in [0, 0.1) is 0 Å². The van der Waals surface area contributed by atoms with Crippen LogP contribution < -0.4 is 10.2 Å². The average molecular weight is 449 g/mol. The second kappa shape index (κ2) is 8.02. The molecule has 1 saturated carbocycles. The highest BCUT2D eigenvalue weighted by Crippen LogP contribution is 2.36. The number of nitrogens with one attached hydrogen (secondary N) is 1. The lowest BCUT2D eigenvalue weighted by Crippen LogP contribution is -2.45. The average Bonchev–Trinajstić information content (AvgIpc) is 3.50. The zero-order valence-electron chi connectivity index (χ0n) is 17.8. The molecule has 32 heavy (non-hydrogen) atoms. The van der Waals surface area contributed by atoms with E-state index < -0.39 is 11.6 Å². The third-order valence-electron chi connectivity index (χ3n) is 6.32. The van der Waals surface area contributed by atoms with Gasteiger partial charge in [-0.25, -0.2) is 9.78 Å². The predicted octanol–water partition coefficient (Wildman–Crippen LogP) is 4.39. The number of rotatable bonds is 5. The molecule has 0 bridgehead atoms. The minimum Gasteiger partial charge on any atom is -0.323 e. The lowest BCUT2D eigenvalue weighted by molar-refractivity contribution is -0.134. The van der Waals surface area contributed by atoms with E-state index in [1.165, 1.54) is 16.2 Å². The minimum absolute atomic E-state index is 0.293. The van der Waals surface area contributed by atoms with Gasteiger partial charge in [0.25, 0.3) is 11.8 Å². The van der Waals surface area contributed by atoms with E-state index in [0.717, 1.165) is 39.9 Å². The van der Waals surface area contributed by atoms with Gasteiger partial charge < -0.3 is 5.32 Å². The largest absolute Gasteiger partial charge is 0.325 e. The van der Waals surface area contributed by atoms with Crippen LogP contribution in [0.2, 0.25) is 0 Å². The number of carbonyl (C=O) groups excluding carboxylic acids is 3. The standard InChI is InChI=1S/C24H24N4O3S/c1-2-16-9-11-17(12-10-16)28(23-25-18-7-3-4-8-19(18)32-23)20(29)15-27-21(30)24(26-22(27)31)13-5-6-14-24/h3-4,7-12H,2,5-6,13-15H2,1H3,(H,26,31). The molecule has 1 spiro atoms. The molecule has 8 heteroatoms. The molecule has 1 aromatic heterocycles. The van der Waals surface area contributed by atoms with Gasteiger partial charge in [0.05, 0.1) is 15.9 Å². The van der Waals surface area contributed by atoms with E-state index in [9.17, 15) is 14.4 Å². The lowest BCUT2D eigenvalue weighted by atomic mass is 9.98. The first kappa shape index (κ1) is 20.6. The second-order valence-corrected chi connectivity index (χ2v) is 9.33. The molecule has 2 aliphatic rings. The minimum atomic E-state index is -0.833. The van der Waals surface area contributed by atoms with Crippen LogP contribution in [0.1, 0.15) is 38.2 Å². The summed E-state index contributed by atoms with van der Waals surface area (Å²) in [6, 6.07) is 14.9. The van der Waals surface area contributed by atoms with Crippen LogP contribution in [0.25, 0.3) is 10.2 Å². The molecule has 2 aromatic carbocycles. The highest BCUT2D eigenvalue weighted by atomic mass is 32.1. The first-order chi connectivity index (χ1) is 15.5. The van der Waals surface area contributed by atoms with Gasteiger partial charge in [-0.2, -0.15) is 0 Å². The number of hydrogen-bond donors (Lipinski definition) is 1. The number of urea groups is 1. The van der Waals surface area contributed by atoms with Crippen LogP contribution in [0.5, 0.6) is 0 Å². The molecule has 4 amide bonds. The zero-order valence-corrected chi connectivity index (χ0v) is 18.7. The van der Waals surface area contributed by atoms with Crippen LogP contribution in [0.4, 0.5) is 15.6 Å². The molecule has 3 aromatic rings. The van der Waals surface area contributed by atoms with E-state index in [1.807, 2.05) is 48.5 Å². The van der Waals surface area contributed by atoms with Crippen molar-refractivity contribution in [2.45, 2.75) is 44.6 Å². The summed E-state index contributed by atoms with van der Waals surface area (Å²) in [5.74, 6) is -0.661. The Kier molecular flexibility index (Phi) is 5.17. The van der Waals surface area contributed by atoms with Crippen molar-refractivity contribution in [1.82, 2.24) is 15.2 Å². The van der Waals surface area contributed by atoms with E-state index in [2.05, 4.69) is 17.2 Å². The van der Waals surface area contributed by atoms with Crippen molar-refractivity contribution < 1.29 is 14.4 Å². The van der Waals surface area contributed by atoms with Gasteiger partial charge in [-0.1, -0.05) is 55.4 Å². The maximum absolute atomic E-state index is 13.5. The van der Waals surface area contributed by atoms with E-state index in [-0.39, 0.29) is 18.4 Å². The van der Waals surface area contributed by atoms with E-state index in [0.29, 0.717) is 23.7 Å². The molecule has 1 aliphatic heterocycles. The Balaban J connectivity index is 1.49. The number of hydrogen-bond acceptors (Lipinski definition) is 5. The summed E-state index contributed by atoms with van der Waals surface area (Å²) < 4.78 is 0.963. The van der Waals surface area contributed by atoms with Crippen LogP contribution in [0.15, 0.2) is 48.5 Å². The van der Waals surface area contributed by atoms with Crippen LogP contribution in [-0.2, 0) is 16.0 Å². The molecule has 7 nitrogen and oxygen atoms in total. The van der Waals surface area contributed by atoms with Gasteiger partial charge in [-0.3, -0.25) is 19.4 Å². The van der Waals surface area contributed by atoms with E-state index in [4.69, 9.17) is 0 Å². The van der Waals surface area contributed by atoms with Gasteiger partial charge in [0.2, 0.25) is 0 Å². The summed E-state index contributed by atoms with van der Waals surface area (Å²) in [6.45, 7) is 1.75.